The number of carbonyl (C=O) groups is 2. The highest BCUT2D eigenvalue weighted by molar-refractivity contribution is 6.13. The molecule has 2 aromatic carbocycles. The molecule has 7 rings (SSSR count). The Kier molecular flexibility index (Phi) is 6.87. The van der Waals surface area contributed by atoms with E-state index in [1.54, 1.807) is 0 Å². The highest BCUT2D eigenvalue weighted by atomic mass is 16.5. The van der Waals surface area contributed by atoms with Gasteiger partial charge in [-0.3, -0.25) is 4.79 Å². The van der Waals surface area contributed by atoms with Crippen LogP contribution in [-0.4, -0.2) is 47.9 Å². The Labute approximate surface area is 234 Å². The van der Waals surface area contributed by atoms with E-state index in [4.69, 9.17) is 9.47 Å². The van der Waals surface area contributed by atoms with Crippen LogP contribution in [0.3, 0.4) is 0 Å². The number of anilines is 1. The first-order chi connectivity index (χ1) is 19.6. The van der Waals surface area contributed by atoms with E-state index < -0.39 is 0 Å². The van der Waals surface area contributed by atoms with Crippen LogP contribution in [0.5, 0.6) is 5.75 Å². The lowest BCUT2D eigenvalue weighted by atomic mass is 9.92. The molecule has 8 nitrogen and oxygen atoms in total. The number of carbonyl (C=O) groups excluding carboxylic acids is 2. The molecule has 1 saturated heterocycles. The van der Waals surface area contributed by atoms with Gasteiger partial charge in [0.1, 0.15) is 11.9 Å². The molecular formula is C32H38N4O4. The van der Waals surface area contributed by atoms with Crippen molar-refractivity contribution in [2.75, 3.05) is 18.5 Å². The molecule has 210 valence electrons. The molecule has 4 aliphatic rings. The van der Waals surface area contributed by atoms with E-state index in [0.717, 1.165) is 104 Å². The zero-order valence-corrected chi connectivity index (χ0v) is 22.9. The van der Waals surface area contributed by atoms with Crippen LogP contribution in [0.2, 0.25) is 0 Å². The number of hydrogen-bond donors (Lipinski definition) is 3. The van der Waals surface area contributed by atoms with Crippen LogP contribution in [0, 0.1) is 0 Å². The first kappa shape index (κ1) is 25.4. The number of nitrogens with zero attached hydrogens (tertiary/aromatic N) is 1. The normalized spacial score (nSPS) is 20.0. The summed E-state index contributed by atoms with van der Waals surface area (Å²) in [6.45, 7) is 1.46. The van der Waals surface area contributed by atoms with Gasteiger partial charge in [-0.05, 0) is 81.2 Å². The molecule has 3 N–H and O–H groups in total. The quantitative estimate of drug-likeness (QED) is 0.318. The van der Waals surface area contributed by atoms with Crippen LogP contribution in [-0.2, 0) is 4.74 Å². The van der Waals surface area contributed by atoms with Crippen molar-refractivity contribution >= 4 is 28.5 Å². The van der Waals surface area contributed by atoms with Crippen LogP contribution in [0.15, 0.2) is 42.5 Å². The molecule has 40 heavy (non-hydrogen) atoms. The van der Waals surface area contributed by atoms with Gasteiger partial charge in [-0.2, -0.15) is 0 Å². The summed E-state index contributed by atoms with van der Waals surface area (Å²) in [5.74, 6) is 0.830. The molecule has 3 aromatic rings. The molecule has 1 aliphatic heterocycles. The molecule has 4 fully saturated rings. The van der Waals surface area contributed by atoms with Crippen molar-refractivity contribution in [1.82, 2.24) is 15.2 Å². The first-order valence-electron chi connectivity index (χ1n) is 15.0. The van der Waals surface area contributed by atoms with Gasteiger partial charge in [0.2, 0.25) is 0 Å². The molecule has 0 radical (unpaired) electrons. The van der Waals surface area contributed by atoms with Gasteiger partial charge in [0.15, 0.2) is 0 Å². The Morgan fingerprint density at radius 2 is 1.55 bits per heavy atom. The average Bonchev–Trinajstić information content (AvgIpc) is 3.67. The highest BCUT2D eigenvalue weighted by Gasteiger charge is 2.33. The number of benzene rings is 2. The predicted octanol–water partition coefficient (Wildman–Crippen LogP) is 6.16. The summed E-state index contributed by atoms with van der Waals surface area (Å²) >= 11 is 0. The maximum absolute atomic E-state index is 13.8. The fourth-order valence-corrected chi connectivity index (χ4v) is 5.99. The molecule has 0 unspecified atom stereocenters. The van der Waals surface area contributed by atoms with Gasteiger partial charge in [-0.15, -0.1) is 0 Å². The van der Waals surface area contributed by atoms with E-state index in [-0.39, 0.29) is 30.1 Å². The second-order valence-electron chi connectivity index (χ2n) is 11.8. The Balaban J connectivity index is 1.26. The Bertz CT molecular complexity index is 1400. The minimum absolute atomic E-state index is 0.0132. The number of hydrogen-bond acceptors (Lipinski definition) is 4. The molecular weight excluding hydrogens is 504 g/mol. The Morgan fingerprint density at radius 1 is 0.825 bits per heavy atom. The second-order valence-corrected chi connectivity index (χ2v) is 11.8. The van der Waals surface area contributed by atoms with E-state index >= 15 is 0 Å². The lowest BCUT2D eigenvalue weighted by Gasteiger charge is -2.30. The molecule has 0 spiro atoms. The van der Waals surface area contributed by atoms with E-state index in [1.165, 1.54) is 12.8 Å². The molecule has 0 bridgehead atoms. The van der Waals surface area contributed by atoms with Crippen LogP contribution >= 0.6 is 0 Å². The first-order valence-corrected chi connectivity index (χ1v) is 15.0. The van der Waals surface area contributed by atoms with Crippen molar-refractivity contribution in [3.05, 3.63) is 48.0 Å². The van der Waals surface area contributed by atoms with Gasteiger partial charge in [-0.25, -0.2) is 4.79 Å². The zero-order chi connectivity index (χ0) is 27.1. The van der Waals surface area contributed by atoms with Crippen molar-refractivity contribution in [3.8, 4) is 17.0 Å². The minimum atomic E-state index is -0.164. The molecule has 0 atom stereocenters. The smallest absolute Gasteiger partial charge is 0.319 e. The lowest BCUT2D eigenvalue weighted by Crippen LogP contribution is -2.41. The van der Waals surface area contributed by atoms with E-state index in [9.17, 15) is 9.59 Å². The van der Waals surface area contributed by atoms with Crippen molar-refractivity contribution in [2.45, 2.75) is 88.4 Å². The number of ether oxygens (including phenoxy) is 2. The maximum Gasteiger partial charge on any atom is 0.319 e. The fourth-order valence-electron chi connectivity index (χ4n) is 5.99. The number of rotatable bonds is 8. The van der Waals surface area contributed by atoms with Crippen LogP contribution in [0.1, 0.15) is 80.6 Å². The van der Waals surface area contributed by atoms with Gasteiger partial charge in [0.05, 0.1) is 30.0 Å². The Morgan fingerprint density at radius 3 is 2.20 bits per heavy atom. The predicted molar refractivity (Wildman–Crippen MR) is 155 cm³/mol. The monoisotopic (exact) mass is 542 g/mol. The van der Waals surface area contributed by atoms with Gasteiger partial charge >= 0.3 is 6.03 Å². The molecule has 8 heteroatoms. The van der Waals surface area contributed by atoms with Crippen LogP contribution < -0.4 is 20.7 Å². The number of urea groups is 1. The van der Waals surface area contributed by atoms with Crippen molar-refractivity contribution in [2.24, 2.45) is 0 Å². The summed E-state index contributed by atoms with van der Waals surface area (Å²) in [6, 6.07) is 14.8. The molecule has 2 heterocycles. The van der Waals surface area contributed by atoms with Gasteiger partial charge in [0, 0.05) is 48.1 Å². The lowest BCUT2D eigenvalue weighted by molar-refractivity contribution is 0.0256. The largest absolute Gasteiger partial charge is 0.490 e. The third kappa shape index (κ3) is 5.17. The minimum Gasteiger partial charge on any atom is -0.490 e. The van der Waals surface area contributed by atoms with Gasteiger partial charge in [-0.1, -0.05) is 12.1 Å². The van der Waals surface area contributed by atoms with E-state index in [1.807, 2.05) is 30.3 Å². The molecule has 3 amide bonds. The summed E-state index contributed by atoms with van der Waals surface area (Å²) < 4.78 is 14.3. The van der Waals surface area contributed by atoms with Gasteiger partial charge in [0.25, 0.3) is 5.91 Å². The van der Waals surface area contributed by atoms with Crippen LogP contribution in [0.25, 0.3) is 22.2 Å². The third-order valence-electron chi connectivity index (χ3n) is 8.88. The topological polar surface area (TPSA) is 93.6 Å². The van der Waals surface area contributed by atoms with Crippen molar-refractivity contribution in [3.63, 3.8) is 0 Å². The zero-order valence-electron chi connectivity index (χ0n) is 22.9. The maximum atomic E-state index is 13.8. The summed E-state index contributed by atoms with van der Waals surface area (Å²) in [5.41, 5.74) is 4.44. The number of amides is 3. The van der Waals surface area contributed by atoms with Crippen molar-refractivity contribution in [1.29, 1.82) is 0 Å². The average molecular weight is 543 g/mol. The molecule has 3 aliphatic carbocycles. The third-order valence-corrected chi connectivity index (χ3v) is 8.88. The summed E-state index contributed by atoms with van der Waals surface area (Å²) in [4.78, 5) is 26.2. The second kappa shape index (κ2) is 10.8. The number of aromatic nitrogens is 1. The number of fused-ring (bicyclic) bond motifs is 1. The van der Waals surface area contributed by atoms with Crippen LogP contribution in [0.4, 0.5) is 10.5 Å². The Hall–Kier alpha value is -3.52. The fraction of sp³-hybridized carbons (Fsp3) is 0.500. The SMILES string of the molecule is O=C(Nc1ccc(-c2c(C(=O)NC3CC3)c3ccc(OC4CCOCC4)cc3n2C2CCC2)cc1)NC1CCC1. The van der Waals surface area contributed by atoms with E-state index in [0.29, 0.717) is 6.04 Å². The summed E-state index contributed by atoms with van der Waals surface area (Å²) in [5, 5.41) is 10.2. The summed E-state index contributed by atoms with van der Waals surface area (Å²) in [7, 11) is 0. The standard InChI is InChI=1S/C32H38N4O4/c37-31(33-22-11-12-22)29-27-14-13-26(40-25-15-17-39-18-16-25)19-28(27)36(24-5-2-6-24)30(29)20-7-9-23(10-8-20)35-32(38)34-21-3-1-4-21/h7-10,13-14,19,21-22,24-25H,1-6,11-12,15-18H2,(H,33,37)(H2,34,35,38). The van der Waals surface area contributed by atoms with E-state index in [2.05, 4.69) is 32.7 Å². The molecule has 1 aromatic heterocycles. The molecule has 3 saturated carbocycles. The van der Waals surface area contributed by atoms with Gasteiger partial charge < -0.3 is 30.0 Å². The van der Waals surface area contributed by atoms with Crippen molar-refractivity contribution < 1.29 is 19.1 Å². The summed E-state index contributed by atoms with van der Waals surface area (Å²) in [6.07, 6.45) is 10.6. The highest BCUT2D eigenvalue weighted by Crippen LogP contribution is 2.44. The number of nitrogens with one attached hydrogen (secondary N) is 3.